The molecule has 2 aromatic heterocycles. The Hall–Kier alpha value is -5.67. The zero-order valence-corrected chi connectivity index (χ0v) is 24.9. The summed E-state index contributed by atoms with van der Waals surface area (Å²) in [4.78, 5) is 6.61. The van der Waals surface area contributed by atoms with Crippen molar-refractivity contribution in [3.05, 3.63) is 174 Å². The van der Waals surface area contributed by atoms with Crippen molar-refractivity contribution < 1.29 is 0 Å². The Morgan fingerprint density at radius 3 is 1.98 bits per heavy atom. The van der Waals surface area contributed by atoms with Crippen molar-refractivity contribution >= 4 is 40.1 Å². The number of fused-ring (bicyclic) bond motifs is 1. The van der Waals surface area contributed by atoms with E-state index in [1.54, 1.807) is 0 Å². The maximum Gasteiger partial charge on any atom is 0.0540 e. The molecule has 0 atom stereocenters. The van der Waals surface area contributed by atoms with Gasteiger partial charge in [0.2, 0.25) is 0 Å². The normalized spacial score (nSPS) is 11.3. The minimum Gasteiger partial charge on any atom is -0.314 e. The number of benzene rings is 5. The molecule has 3 heteroatoms. The zero-order valence-electron chi connectivity index (χ0n) is 24.9. The van der Waals surface area contributed by atoms with E-state index in [-0.39, 0.29) is 0 Å². The molecule has 212 valence electrons. The van der Waals surface area contributed by atoms with E-state index in [1.807, 2.05) is 18.5 Å². The Morgan fingerprint density at radius 2 is 1.23 bits per heavy atom. The lowest BCUT2D eigenvalue weighted by Gasteiger charge is -2.26. The second-order valence-electron chi connectivity index (χ2n) is 11.0. The van der Waals surface area contributed by atoms with Gasteiger partial charge in [-0.3, -0.25) is 4.98 Å². The first-order valence-corrected chi connectivity index (χ1v) is 15.0. The van der Waals surface area contributed by atoms with Crippen molar-refractivity contribution in [3.63, 3.8) is 0 Å². The zero-order chi connectivity index (χ0) is 29.9. The van der Waals surface area contributed by atoms with E-state index < -0.39 is 0 Å². The van der Waals surface area contributed by atoms with Gasteiger partial charge in [-0.25, -0.2) is 0 Å². The van der Waals surface area contributed by atoms with Crippen molar-refractivity contribution in [1.29, 1.82) is 0 Å². The lowest BCUT2D eigenvalue weighted by atomic mass is 10.1. The predicted octanol–water partition coefficient (Wildman–Crippen LogP) is 10.9. The van der Waals surface area contributed by atoms with Crippen molar-refractivity contribution in [2.75, 3.05) is 4.90 Å². The molecule has 5 aromatic carbocycles. The lowest BCUT2D eigenvalue weighted by Crippen LogP contribution is -2.09. The summed E-state index contributed by atoms with van der Waals surface area (Å²) in [5.41, 5.74) is 12.9. The SMILES string of the molecule is Cc1c(C)n(-c2ccccc2)c2cc(/C=C/c3ccc(N(c4ccccc4)c4cccc(-c5cccnc5)c4)cc3)ccc12. The highest BCUT2D eigenvalue weighted by Gasteiger charge is 2.14. The number of hydrogen-bond donors (Lipinski definition) is 0. The molecule has 2 heterocycles. The summed E-state index contributed by atoms with van der Waals surface area (Å²) in [5, 5.41) is 1.29. The van der Waals surface area contributed by atoms with Gasteiger partial charge in [-0.05, 0) is 96.8 Å². The molecule has 7 aromatic rings. The number of aryl methyl sites for hydroxylation is 1. The van der Waals surface area contributed by atoms with Crippen molar-refractivity contribution in [3.8, 4) is 16.8 Å². The molecule has 0 unspecified atom stereocenters. The molecule has 0 spiro atoms. The number of anilines is 3. The van der Waals surface area contributed by atoms with Gasteiger partial charge >= 0.3 is 0 Å². The summed E-state index contributed by atoms with van der Waals surface area (Å²) < 4.78 is 2.36. The largest absolute Gasteiger partial charge is 0.314 e. The number of pyridine rings is 1. The molecule has 0 saturated heterocycles. The Balaban J connectivity index is 1.20. The predicted molar refractivity (Wildman–Crippen MR) is 186 cm³/mol. The Morgan fingerprint density at radius 1 is 0.568 bits per heavy atom. The van der Waals surface area contributed by atoms with Crippen LogP contribution in [0, 0.1) is 13.8 Å². The fourth-order valence-corrected chi connectivity index (χ4v) is 5.92. The molecular weight excluding hydrogens is 534 g/mol. The highest BCUT2D eigenvalue weighted by molar-refractivity contribution is 5.90. The second-order valence-corrected chi connectivity index (χ2v) is 11.0. The number of nitrogens with zero attached hydrogens (tertiary/aromatic N) is 3. The molecule has 3 nitrogen and oxygen atoms in total. The van der Waals surface area contributed by atoms with Crippen LogP contribution in [0.15, 0.2) is 152 Å². The van der Waals surface area contributed by atoms with Gasteiger partial charge < -0.3 is 9.47 Å². The van der Waals surface area contributed by atoms with Crippen LogP contribution in [0.25, 0.3) is 39.9 Å². The van der Waals surface area contributed by atoms with Gasteiger partial charge in [-0.15, -0.1) is 0 Å². The third kappa shape index (κ3) is 5.32. The van der Waals surface area contributed by atoms with E-state index in [0.717, 1.165) is 33.8 Å². The molecule has 0 aliphatic carbocycles. The van der Waals surface area contributed by atoms with Crippen LogP contribution in [0.4, 0.5) is 17.1 Å². The second kappa shape index (κ2) is 11.9. The summed E-state index contributed by atoms with van der Waals surface area (Å²) in [6, 6.07) is 49.3. The maximum absolute atomic E-state index is 4.32. The number of para-hydroxylation sites is 2. The fourth-order valence-electron chi connectivity index (χ4n) is 5.92. The first kappa shape index (κ1) is 27.2. The third-order valence-corrected chi connectivity index (χ3v) is 8.29. The number of aromatic nitrogens is 2. The molecule has 0 saturated carbocycles. The van der Waals surface area contributed by atoms with E-state index >= 15 is 0 Å². The van der Waals surface area contributed by atoms with Crippen LogP contribution in [0.3, 0.4) is 0 Å². The molecule has 7 rings (SSSR count). The van der Waals surface area contributed by atoms with Crippen LogP contribution in [-0.2, 0) is 0 Å². The van der Waals surface area contributed by atoms with E-state index in [4.69, 9.17) is 0 Å². The van der Waals surface area contributed by atoms with Gasteiger partial charge in [0.25, 0.3) is 0 Å². The van der Waals surface area contributed by atoms with Crippen molar-refractivity contribution in [1.82, 2.24) is 9.55 Å². The number of hydrogen-bond acceptors (Lipinski definition) is 2. The fraction of sp³-hybridized carbons (Fsp3) is 0.0488. The highest BCUT2D eigenvalue weighted by atomic mass is 15.1. The van der Waals surface area contributed by atoms with Gasteiger partial charge in [0.15, 0.2) is 0 Å². The van der Waals surface area contributed by atoms with E-state index in [9.17, 15) is 0 Å². The Kier molecular flexibility index (Phi) is 7.35. The van der Waals surface area contributed by atoms with E-state index in [0.29, 0.717) is 0 Å². The molecule has 0 aliphatic rings. The number of rotatable bonds is 7. The first-order chi connectivity index (χ1) is 21.7. The molecule has 0 fully saturated rings. The molecule has 0 bridgehead atoms. The van der Waals surface area contributed by atoms with Crippen LogP contribution >= 0.6 is 0 Å². The van der Waals surface area contributed by atoms with Gasteiger partial charge in [0.05, 0.1) is 5.52 Å². The van der Waals surface area contributed by atoms with E-state index in [1.165, 1.54) is 33.4 Å². The average Bonchev–Trinajstić information content (AvgIpc) is 3.34. The minimum atomic E-state index is 1.10. The summed E-state index contributed by atoms with van der Waals surface area (Å²) in [6.07, 6.45) is 8.11. The maximum atomic E-state index is 4.32. The molecule has 0 aliphatic heterocycles. The molecule has 0 N–H and O–H groups in total. The van der Waals surface area contributed by atoms with Crippen LogP contribution in [0.2, 0.25) is 0 Å². The smallest absolute Gasteiger partial charge is 0.0540 e. The standard InChI is InChI=1S/C41H33N3/c1-30-31(2)43(36-13-5-3-6-14-36)41-27-33(22-25-40(30)41)19-18-32-20-23-38(24-21-32)44(37-15-7-4-8-16-37)39-17-9-11-34(28-39)35-12-10-26-42-29-35/h3-29H,1-2H3/b19-18+. The monoisotopic (exact) mass is 567 g/mol. The van der Waals surface area contributed by atoms with Crippen molar-refractivity contribution in [2.24, 2.45) is 0 Å². The van der Waals surface area contributed by atoms with E-state index in [2.05, 4.69) is 174 Å². The lowest BCUT2D eigenvalue weighted by molar-refractivity contribution is 1.04. The highest BCUT2D eigenvalue weighted by Crippen LogP contribution is 2.36. The minimum absolute atomic E-state index is 1.10. The third-order valence-electron chi connectivity index (χ3n) is 8.29. The van der Waals surface area contributed by atoms with Gasteiger partial charge in [0.1, 0.15) is 0 Å². The molecule has 0 amide bonds. The van der Waals surface area contributed by atoms with Crippen LogP contribution in [0.1, 0.15) is 22.4 Å². The Labute approximate surface area is 259 Å². The summed E-state index contributed by atoms with van der Waals surface area (Å²) >= 11 is 0. The molecular formula is C41H33N3. The average molecular weight is 568 g/mol. The molecule has 44 heavy (non-hydrogen) atoms. The van der Waals surface area contributed by atoms with Crippen LogP contribution < -0.4 is 4.90 Å². The summed E-state index contributed by atoms with van der Waals surface area (Å²) in [7, 11) is 0. The van der Waals surface area contributed by atoms with Crippen LogP contribution in [-0.4, -0.2) is 9.55 Å². The topological polar surface area (TPSA) is 21.1 Å². The quantitative estimate of drug-likeness (QED) is 0.179. The Bertz CT molecular complexity index is 2060. The van der Waals surface area contributed by atoms with Gasteiger partial charge in [-0.2, -0.15) is 0 Å². The summed E-state index contributed by atoms with van der Waals surface area (Å²) in [6.45, 7) is 4.41. The molecule has 0 radical (unpaired) electrons. The van der Waals surface area contributed by atoms with Gasteiger partial charge in [-0.1, -0.05) is 91.0 Å². The van der Waals surface area contributed by atoms with Gasteiger partial charge in [0, 0.05) is 51.8 Å². The van der Waals surface area contributed by atoms with Crippen LogP contribution in [0.5, 0.6) is 0 Å². The van der Waals surface area contributed by atoms with Crippen molar-refractivity contribution in [2.45, 2.75) is 13.8 Å². The first-order valence-electron chi connectivity index (χ1n) is 15.0. The summed E-state index contributed by atoms with van der Waals surface area (Å²) in [5.74, 6) is 0.